The Kier molecular flexibility index (Phi) is 3.37. The number of carbonyl (C=O) groups is 1. The van der Waals surface area contributed by atoms with E-state index in [1.54, 1.807) is 0 Å². The van der Waals surface area contributed by atoms with Crippen molar-refractivity contribution in [3.8, 4) is 0 Å². The van der Waals surface area contributed by atoms with Crippen LogP contribution in [0.25, 0.3) is 5.65 Å². The van der Waals surface area contributed by atoms with Crippen LogP contribution in [0.2, 0.25) is 0 Å². The van der Waals surface area contributed by atoms with Crippen LogP contribution in [0.1, 0.15) is 35.0 Å². The SMILES string of the molecule is Cc1nc2ccccn2c1CC(=O)N[C@H]1CCc2ccccc21. The summed E-state index contributed by atoms with van der Waals surface area (Å²) >= 11 is 0. The van der Waals surface area contributed by atoms with Crippen LogP contribution in [0.15, 0.2) is 48.7 Å². The van der Waals surface area contributed by atoms with E-state index in [0.717, 1.165) is 29.9 Å². The summed E-state index contributed by atoms with van der Waals surface area (Å²) in [6.45, 7) is 1.96. The Labute approximate surface area is 135 Å². The number of hydrogen-bond acceptors (Lipinski definition) is 2. The molecule has 0 spiro atoms. The van der Waals surface area contributed by atoms with Gasteiger partial charge in [-0.15, -0.1) is 0 Å². The number of aryl methyl sites for hydroxylation is 2. The highest BCUT2D eigenvalue weighted by Gasteiger charge is 2.24. The van der Waals surface area contributed by atoms with Crippen LogP contribution in [0.4, 0.5) is 0 Å². The molecule has 0 bridgehead atoms. The van der Waals surface area contributed by atoms with Crippen LogP contribution in [-0.4, -0.2) is 15.3 Å². The average Bonchev–Trinajstić information content (AvgIpc) is 3.10. The maximum atomic E-state index is 12.5. The molecule has 0 saturated carbocycles. The lowest BCUT2D eigenvalue weighted by Crippen LogP contribution is -2.29. The van der Waals surface area contributed by atoms with Gasteiger partial charge in [0.2, 0.25) is 5.91 Å². The fourth-order valence-electron chi connectivity index (χ4n) is 3.48. The first kappa shape index (κ1) is 14.0. The Morgan fingerprint density at radius 3 is 3.00 bits per heavy atom. The van der Waals surface area contributed by atoms with Gasteiger partial charge in [-0.05, 0) is 43.0 Å². The molecule has 1 aliphatic rings. The highest BCUT2D eigenvalue weighted by molar-refractivity contribution is 5.79. The largest absolute Gasteiger partial charge is 0.349 e. The molecule has 2 heterocycles. The van der Waals surface area contributed by atoms with Gasteiger partial charge in [0.25, 0.3) is 0 Å². The van der Waals surface area contributed by atoms with E-state index in [9.17, 15) is 4.79 Å². The number of carbonyl (C=O) groups excluding carboxylic acids is 1. The lowest BCUT2D eigenvalue weighted by molar-refractivity contribution is -0.121. The molecule has 3 aromatic rings. The number of rotatable bonds is 3. The molecule has 2 aromatic heterocycles. The molecule has 0 radical (unpaired) electrons. The number of imidazole rings is 1. The number of fused-ring (bicyclic) bond motifs is 2. The molecule has 0 aliphatic heterocycles. The van der Waals surface area contributed by atoms with Crippen LogP contribution in [0.3, 0.4) is 0 Å². The number of amides is 1. The second-order valence-electron chi connectivity index (χ2n) is 6.11. The number of pyridine rings is 1. The molecular weight excluding hydrogens is 286 g/mol. The van der Waals surface area contributed by atoms with Crippen molar-refractivity contribution < 1.29 is 4.79 Å². The predicted molar refractivity (Wildman–Crippen MR) is 89.3 cm³/mol. The van der Waals surface area contributed by atoms with Crippen molar-refractivity contribution in [3.05, 3.63) is 71.2 Å². The molecule has 1 atom stereocenters. The second kappa shape index (κ2) is 5.54. The van der Waals surface area contributed by atoms with Gasteiger partial charge in [-0.1, -0.05) is 30.3 Å². The fourth-order valence-corrected chi connectivity index (χ4v) is 3.48. The first-order valence-electron chi connectivity index (χ1n) is 8.02. The zero-order valence-electron chi connectivity index (χ0n) is 13.1. The van der Waals surface area contributed by atoms with Gasteiger partial charge in [0.15, 0.2) is 0 Å². The van der Waals surface area contributed by atoms with Gasteiger partial charge in [0, 0.05) is 6.20 Å². The molecular formula is C19H19N3O. The predicted octanol–water partition coefficient (Wildman–Crippen LogP) is 2.99. The molecule has 0 unspecified atom stereocenters. The number of benzene rings is 1. The molecule has 1 N–H and O–H groups in total. The van der Waals surface area contributed by atoms with Crippen LogP contribution in [0.5, 0.6) is 0 Å². The van der Waals surface area contributed by atoms with Gasteiger partial charge >= 0.3 is 0 Å². The van der Waals surface area contributed by atoms with E-state index in [1.165, 1.54) is 11.1 Å². The lowest BCUT2D eigenvalue weighted by Gasteiger charge is -2.14. The summed E-state index contributed by atoms with van der Waals surface area (Å²) in [5.74, 6) is 0.0560. The van der Waals surface area contributed by atoms with Crippen molar-refractivity contribution in [2.45, 2.75) is 32.2 Å². The number of nitrogens with zero attached hydrogens (tertiary/aromatic N) is 2. The van der Waals surface area contributed by atoms with Gasteiger partial charge < -0.3 is 9.72 Å². The van der Waals surface area contributed by atoms with Crippen LogP contribution in [-0.2, 0) is 17.6 Å². The lowest BCUT2D eigenvalue weighted by atomic mass is 10.1. The maximum absolute atomic E-state index is 12.5. The van der Waals surface area contributed by atoms with Crippen molar-refractivity contribution in [2.75, 3.05) is 0 Å². The minimum Gasteiger partial charge on any atom is -0.349 e. The summed E-state index contributed by atoms with van der Waals surface area (Å²) in [6, 6.07) is 14.4. The Morgan fingerprint density at radius 1 is 1.26 bits per heavy atom. The molecule has 0 fully saturated rings. The zero-order valence-corrected chi connectivity index (χ0v) is 13.1. The highest BCUT2D eigenvalue weighted by atomic mass is 16.1. The first-order chi connectivity index (χ1) is 11.2. The maximum Gasteiger partial charge on any atom is 0.226 e. The van der Waals surface area contributed by atoms with Crippen molar-refractivity contribution in [1.29, 1.82) is 0 Å². The number of aromatic nitrogens is 2. The average molecular weight is 305 g/mol. The van der Waals surface area contributed by atoms with E-state index in [0.29, 0.717) is 6.42 Å². The van der Waals surface area contributed by atoms with E-state index in [4.69, 9.17) is 0 Å². The Balaban J connectivity index is 1.53. The monoisotopic (exact) mass is 305 g/mol. The molecule has 1 amide bonds. The molecule has 1 aliphatic carbocycles. The number of nitrogens with one attached hydrogen (secondary N) is 1. The van der Waals surface area contributed by atoms with Crippen molar-refractivity contribution in [1.82, 2.24) is 14.7 Å². The van der Waals surface area contributed by atoms with Gasteiger partial charge in [-0.25, -0.2) is 4.98 Å². The highest BCUT2D eigenvalue weighted by Crippen LogP contribution is 2.30. The third-order valence-electron chi connectivity index (χ3n) is 4.63. The van der Waals surface area contributed by atoms with Crippen molar-refractivity contribution in [3.63, 3.8) is 0 Å². The molecule has 4 nitrogen and oxygen atoms in total. The summed E-state index contributed by atoms with van der Waals surface area (Å²) in [5, 5.41) is 3.19. The summed E-state index contributed by atoms with van der Waals surface area (Å²) in [4.78, 5) is 17.0. The molecule has 0 saturated heterocycles. The van der Waals surface area contributed by atoms with Crippen molar-refractivity contribution in [2.24, 2.45) is 0 Å². The Hall–Kier alpha value is -2.62. The zero-order chi connectivity index (χ0) is 15.8. The minimum atomic E-state index is 0.0560. The normalized spacial score (nSPS) is 16.5. The third-order valence-corrected chi connectivity index (χ3v) is 4.63. The quantitative estimate of drug-likeness (QED) is 0.808. The van der Waals surface area contributed by atoms with Gasteiger partial charge in [-0.3, -0.25) is 4.79 Å². The first-order valence-corrected chi connectivity index (χ1v) is 8.02. The Morgan fingerprint density at radius 2 is 2.09 bits per heavy atom. The molecule has 4 rings (SSSR count). The summed E-state index contributed by atoms with van der Waals surface area (Å²) in [7, 11) is 0. The summed E-state index contributed by atoms with van der Waals surface area (Å²) in [6.07, 6.45) is 4.34. The standard InChI is InChI=1S/C19H19N3O/c1-13-17(22-11-5-4-8-18(22)20-13)12-19(23)21-16-10-9-14-6-2-3-7-15(14)16/h2-8,11,16H,9-10,12H2,1H3,(H,21,23)/t16-/m0/s1. The second-order valence-corrected chi connectivity index (χ2v) is 6.11. The fraction of sp³-hybridized carbons (Fsp3) is 0.263. The minimum absolute atomic E-state index is 0.0560. The van der Waals surface area contributed by atoms with Crippen LogP contribution >= 0.6 is 0 Å². The molecule has 1 aromatic carbocycles. The Bertz CT molecular complexity index is 881. The van der Waals surface area contributed by atoms with E-state index in [1.807, 2.05) is 41.8 Å². The van der Waals surface area contributed by atoms with Crippen LogP contribution < -0.4 is 5.32 Å². The van der Waals surface area contributed by atoms with E-state index < -0.39 is 0 Å². The van der Waals surface area contributed by atoms with Gasteiger partial charge in [-0.2, -0.15) is 0 Å². The van der Waals surface area contributed by atoms with E-state index in [2.05, 4.69) is 28.5 Å². The smallest absolute Gasteiger partial charge is 0.226 e. The molecule has 4 heteroatoms. The summed E-state index contributed by atoms with van der Waals surface area (Å²) < 4.78 is 2.00. The molecule has 116 valence electrons. The van der Waals surface area contributed by atoms with Crippen LogP contribution in [0, 0.1) is 6.92 Å². The van der Waals surface area contributed by atoms with E-state index in [-0.39, 0.29) is 11.9 Å². The molecule has 23 heavy (non-hydrogen) atoms. The van der Waals surface area contributed by atoms with Crippen molar-refractivity contribution >= 4 is 11.6 Å². The van der Waals surface area contributed by atoms with Gasteiger partial charge in [0.05, 0.1) is 23.9 Å². The summed E-state index contributed by atoms with van der Waals surface area (Å²) in [5.41, 5.74) is 5.38. The third kappa shape index (κ3) is 2.50. The van der Waals surface area contributed by atoms with Gasteiger partial charge in [0.1, 0.15) is 5.65 Å². The topological polar surface area (TPSA) is 46.4 Å². The van der Waals surface area contributed by atoms with E-state index >= 15 is 0 Å². The number of hydrogen-bond donors (Lipinski definition) is 1.